The first-order chi connectivity index (χ1) is 8.81. The molecule has 0 spiro atoms. The topological polar surface area (TPSA) is 47.0 Å². The van der Waals surface area contributed by atoms with E-state index in [-0.39, 0.29) is 0 Å². The molecule has 4 nitrogen and oxygen atoms in total. The predicted molar refractivity (Wildman–Crippen MR) is 75.9 cm³/mol. The van der Waals surface area contributed by atoms with E-state index in [0.29, 0.717) is 6.61 Å². The minimum absolute atomic E-state index is 0.636. The molecule has 1 N–H and O–H groups in total. The highest BCUT2D eigenvalue weighted by molar-refractivity contribution is 9.10. The van der Waals surface area contributed by atoms with E-state index in [9.17, 15) is 0 Å². The van der Waals surface area contributed by atoms with Crippen molar-refractivity contribution < 1.29 is 4.74 Å². The first kappa shape index (κ1) is 13.2. The van der Waals surface area contributed by atoms with Crippen LogP contribution in [0.4, 0.5) is 0 Å². The molecule has 0 saturated carbocycles. The first-order valence-corrected chi connectivity index (χ1v) is 6.84. The summed E-state index contributed by atoms with van der Waals surface area (Å²) in [7, 11) is 0. The second-order valence-electron chi connectivity index (χ2n) is 3.93. The van der Waals surface area contributed by atoms with E-state index in [1.165, 1.54) is 0 Å². The number of nitrogens with zero attached hydrogens (tertiary/aromatic N) is 2. The lowest BCUT2D eigenvalue weighted by Gasteiger charge is -2.08. The van der Waals surface area contributed by atoms with Crippen LogP contribution in [0.3, 0.4) is 0 Å². The number of halogens is 1. The van der Waals surface area contributed by atoms with Gasteiger partial charge in [-0.3, -0.25) is 4.98 Å². The van der Waals surface area contributed by atoms with Crippen molar-refractivity contribution in [3.8, 4) is 5.75 Å². The maximum Gasteiger partial charge on any atom is 0.148 e. The molecule has 96 valence electrons. The molecule has 2 heterocycles. The van der Waals surface area contributed by atoms with Crippen molar-refractivity contribution in [3.05, 3.63) is 29.0 Å². The van der Waals surface area contributed by atoms with E-state index in [4.69, 9.17) is 4.74 Å². The summed E-state index contributed by atoms with van der Waals surface area (Å²) in [5.41, 5.74) is 1.64. The predicted octanol–water partition coefficient (Wildman–Crippen LogP) is 2.77. The summed E-state index contributed by atoms with van der Waals surface area (Å²) in [6.07, 6.45) is 4.63. The third-order valence-electron chi connectivity index (χ3n) is 2.47. The maximum atomic E-state index is 5.73. The van der Waals surface area contributed by atoms with Gasteiger partial charge >= 0.3 is 0 Å². The lowest BCUT2D eigenvalue weighted by molar-refractivity contribution is 0.317. The third kappa shape index (κ3) is 3.40. The summed E-state index contributed by atoms with van der Waals surface area (Å²) in [6.45, 7) is 4.64. The number of rotatable bonds is 6. The summed E-state index contributed by atoms with van der Waals surface area (Å²) in [5.74, 6) is 0.783. The van der Waals surface area contributed by atoms with Crippen LogP contribution in [0.15, 0.2) is 29.0 Å². The monoisotopic (exact) mass is 309 g/mol. The van der Waals surface area contributed by atoms with Crippen LogP contribution in [0.1, 0.15) is 13.3 Å². The zero-order valence-electron chi connectivity index (χ0n) is 10.3. The molecule has 2 aromatic heterocycles. The van der Waals surface area contributed by atoms with Gasteiger partial charge in [-0.05, 0) is 35.0 Å². The molecule has 0 amide bonds. The second-order valence-corrected chi connectivity index (χ2v) is 4.84. The van der Waals surface area contributed by atoms with Crippen LogP contribution in [0.2, 0.25) is 0 Å². The molecule has 0 aliphatic carbocycles. The van der Waals surface area contributed by atoms with Gasteiger partial charge in [0.15, 0.2) is 0 Å². The Hall–Kier alpha value is -1.20. The molecule has 0 aliphatic rings. The van der Waals surface area contributed by atoms with Crippen molar-refractivity contribution in [3.63, 3.8) is 0 Å². The van der Waals surface area contributed by atoms with Crippen molar-refractivity contribution in [1.29, 1.82) is 0 Å². The second kappa shape index (κ2) is 6.66. The SMILES string of the molecule is CCCNCCOc1ccnc2cc(Br)cnc12. The normalized spacial score (nSPS) is 10.8. The van der Waals surface area contributed by atoms with Crippen molar-refractivity contribution >= 4 is 27.0 Å². The molecule has 5 heteroatoms. The van der Waals surface area contributed by atoms with Crippen molar-refractivity contribution in [2.75, 3.05) is 19.7 Å². The quantitative estimate of drug-likeness (QED) is 0.834. The number of hydrogen-bond donors (Lipinski definition) is 1. The molecule has 2 rings (SSSR count). The van der Waals surface area contributed by atoms with Crippen LogP contribution < -0.4 is 10.1 Å². The van der Waals surface area contributed by atoms with E-state index < -0.39 is 0 Å². The molecule has 0 fully saturated rings. The Bertz CT molecular complexity index is 519. The Kier molecular flexibility index (Phi) is 4.90. The number of ether oxygens (including phenoxy) is 1. The largest absolute Gasteiger partial charge is 0.490 e. The molecule has 0 saturated heterocycles. The minimum Gasteiger partial charge on any atom is -0.490 e. The van der Waals surface area contributed by atoms with E-state index in [1.807, 2.05) is 12.1 Å². The number of hydrogen-bond acceptors (Lipinski definition) is 4. The van der Waals surface area contributed by atoms with Crippen molar-refractivity contribution in [1.82, 2.24) is 15.3 Å². The number of pyridine rings is 2. The molecular weight excluding hydrogens is 294 g/mol. The fraction of sp³-hybridized carbons (Fsp3) is 0.385. The Morgan fingerprint density at radius 2 is 2.22 bits per heavy atom. The summed E-state index contributed by atoms with van der Waals surface area (Å²) >= 11 is 3.38. The number of nitrogens with one attached hydrogen (secondary N) is 1. The standard InChI is InChI=1S/C13H16BrN3O/c1-2-4-15-6-7-18-12-3-5-16-11-8-10(14)9-17-13(11)12/h3,5,8-9,15H,2,4,6-7H2,1H3. The van der Waals surface area contributed by atoms with Gasteiger partial charge in [0.25, 0.3) is 0 Å². The maximum absolute atomic E-state index is 5.73. The third-order valence-corrected chi connectivity index (χ3v) is 2.90. The summed E-state index contributed by atoms with van der Waals surface area (Å²) < 4.78 is 6.65. The van der Waals surface area contributed by atoms with Gasteiger partial charge in [0, 0.05) is 29.5 Å². The van der Waals surface area contributed by atoms with Gasteiger partial charge < -0.3 is 10.1 Å². The molecule has 18 heavy (non-hydrogen) atoms. The molecule has 0 aromatic carbocycles. The molecule has 0 aliphatic heterocycles. The van der Waals surface area contributed by atoms with Crippen LogP contribution >= 0.6 is 15.9 Å². The van der Waals surface area contributed by atoms with Gasteiger partial charge in [0.1, 0.15) is 17.9 Å². The van der Waals surface area contributed by atoms with Gasteiger partial charge in [-0.2, -0.15) is 0 Å². The highest BCUT2D eigenvalue weighted by atomic mass is 79.9. The lowest BCUT2D eigenvalue weighted by Crippen LogP contribution is -2.21. The van der Waals surface area contributed by atoms with Gasteiger partial charge in [-0.15, -0.1) is 0 Å². The van der Waals surface area contributed by atoms with Gasteiger partial charge in [0.2, 0.25) is 0 Å². The Morgan fingerprint density at radius 3 is 3.06 bits per heavy atom. The zero-order chi connectivity index (χ0) is 12.8. The lowest BCUT2D eigenvalue weighted by atomic mass is 10.3. The van der Waals surface area contributed by atoms with E-state index in [1.54, 1.807) is 12.4 Å². The number of aromatic nitrogens is 2. The van der Waals surface area contributed by atoms with Gasteiger partial charge in [0.05, 0.1) is 5.52 Å². The van der Waals surface area contributed by atoms with E-state index in [0.717, 1.165) is 40.8 Å². The Morgan fingerprint density at radius 1 is 1.33 bits per heavy atom. The smallest absolute Gasteiger partial charge is 0.148 e. The minimum atomic E-state index is 0.636. The van der Waals surface area contributed by atoms with Crippen LogP contribution in [0, 0.1) is 0 Å². The molecular formula is C13H16BrN3O. The van der Waals surface area contributed by atoms with Crippen LogP contribution in [0.25, 0.3) is 11.0 Å². The summed E-state index contributed by atoms with van der Waals surface area (Å²) in [5, 5.41) is 3.29. The van der Waals surface area contributed by atoms with E-state index >= 15 is 0 Å². The fourth-order valence-electron chi connectivity index (χ4n) is 1.63. The molecule has 0 radical (unpaired) electrons. The number of fused-ring (bicyclic) bond motifs is 1. The molecule has 2 aromatic rings. The van der Waals surface area contributed by atoms with Crippen molar-refractivity contribution in [2.45, 2.75) is 13.3 Å². The molecule has 0 atom stereocenters. The fourth-order valence-corrected chi connectivity index (χ4v) is 1.95. The van der Waals surface area contributed by atoms with Gasteiger partial charge in [-0.1, -0.05) is 6.92 Å². The van der Waals surface area contributed by atoms with E-state index in [2.05, 4.69) is 38.1 Å². The van der Waals surface area contributed by atoms with Crippen LogP contribution in [0.5, 0.6) is 5.75 Å². The average molecular weight is 310 g/mol. The van der Waals surface area contributed by atoms with Gasteiger partial charge in [-0.25, -0.2) is 4.98 Å². The van der Waals surface area contributed by atoms with Crippen LogP contribution in [-0.2, 0) is 0 Å². The zero-order valence-corrected chi connectivity index (χ0v) is 11.9. The highest BCUT2D eigenvalue weighted by Gasteiger charge is 2.04. The molecule has 0 unspecified atom stereocenters. The van der Waals surface area contributed by atoms with Crippen LogP contribution in [-0.4, -0.2) is 29.7 Å². The highest BCUT2D eigenvalue weighted by Crippen LogP contribution is 2.23. The molecule has 0 bridgehead atoms. The first-order valence-electron chi connectivity index (χ1n) is 6.05. The Labute approximate surface area is 115 Å². The Balaban J connectivity index is 2.04. The summed E-state index contributed by atoms with van der Waals surface area (Å²) in [6, 6.07) is 3.79. The summed E-state index contributed by atoms with van der Waals surface area (Å²) in [4.78, 5) is 8.61. The average Bonchev–Trinajstić information content (AvgIpc) is 2.38. The van der Waals surface area contributed by atoms with Crippen molar-refractivity contribution in [2.24, 2.45) is 0 Å².